The summed E-state index contributed by atoms with van der Waals surface area (Å²) in [5.41, 5.74) is 0.951. The van der Waals surface area contributed by atoms with Gasteiger partial charge in [-0.25, -0.2) is 0 Å². The Morgan fingerprint density at radius 3 is 2.72 bits per heavy atom. The Labute approximate surface area is 171 Å². The number of nitrogens with one attached hydrogen (secondary N) is 1. The van der Waals surface area contributed by atoms with Crippen LogP contribution in [0.15, 0.2) is 50.7 Å². The highest BCUT2D eigenvalue weighted by Gasteiger charge is 2.45. The minimum Gasteiger partial charge on any atom is -0.469 e. The van der Waals surface area contributed by atoms with Crippen LogP contribution in [0.2, 0.25) is 0 Å². The maximum atomic E-state index is 13.3. The summed E-state index contributed by atoms with van der Waals surface area (Å²) in [5, 5.41) is 10.6. The molecule has 0 saturated heterocycles. The van der Waals surface area contributed by atoms with Gasteiger partial charge in [-0.2, -0.15) is 0 Å². The fraction of sp³-hybridized carbons (Fsp3) is 0.300. The highest BCUT2D eigenvalue weighted by Crippen LogP contribution is 2.39. The molecule has 29 heavy (non-hydrogen) atoms. The Hall–Kier alpha value is -3.07. The minimum absolute atomic E-state index is 0.221. The summed E-state index contributed by atoms with van der Waals surface area (Å²) in [6.07, 6.45) is 1.55. The first kappa shape index (κ1) is 19.3. The molecule has 0 unspecified atom stereocenters. The molecule has 1 N–H and O–H groups in total. The number of thioether (sulfide) groups is 1. The van der Waals surface area contributed by atoms with Gasteiger partial charge in [0.05, 0.1) is 28.5 Å². The van der Waals surface area contributed by atoms with Gasteiger partial charge in [-0.15, -0.1) is 10.2 Å². The number of carbonyl (C=O) groups excluding carboxylic acids is 2. The lowest BCUT2D eigenvalue weighted by molar-refractivity contribution is -0.126. The van der Waals surface area contributed by atoms with Gasteiger partial charge in [0.1, 0.15) is 11.3 Å². The minimum atomic E-state index is -1.03. The van der Waals surface area contributed by atoms with Crippen molar-refractivity contribution < 1.29 is 18.4 Å². The van der Waals surface area contributed by atoms with Crippen LogP contribution < -0.4 is 10.2 Å². The normalized spacial score (nSPS) is 16.3. The number of furan rings is 1. The monoisotopic (exact) mass is 412 g/mol. The molecule has 4 rings (SSSR count). The van der Waals surface area contributed by atoms with Crippen molar-refractivity contribution in [1.29, 1.82) is 0 Å². The van der Waals surface area contributed by atoms with Gasteiger partial charge < -0.3 is 14.2 Å². The zero-order valence-electron chi connectivity index (χ0n) is 16.4. The number of aromatic nitrogens is 2. The summed E-state index contributed by atoms with van der Waals surface area (Å²) in [5.74, 6) is 0.548. The molecular formula is C20H20N4O4S. The molecule has 3 heterocycles. The number of hydrogen-bond acceptors (Lipinski definition) is 7. The van der Waals surface area contributed by atoms with Crippen LogP contribution in [0.25, 0.3) is 11.5 Å². The van der Waals surface area contributed by atoms with E-state index in [1.165, 1.54) is 4.90 Å². The maximum absolute atomic E-state index is 13.3. The average Bonchev–Trinajstić information content (AvgIpc) is 3.30. The van der Waals surface area contributed by atoms with Crippen LogP contribution in [0.5, 0.6) is 0 Å². The molecule has 2 aromatic heterocycles. The van der Waals surface area contributed by atoms with Crippen LogP contribution in [0.1, 0.15) is 26.5 Å². The van der Waals surface area contributed by atoms with Crippen molar-refractivity contribution in [2.45, 2.75) is 43.7 Å². The highest BCUT2D eigenvalue weighted by molar-refractivity contribution is 8.00. The molecule has 0 fully saturated rings. The van der Waals surface area contributed by atoms with Crippen LogP contribution in [-0.2, 0) is 9.59 Å². The number of aryl methyl sites for hydroxylation is 1. The average molecular weight is 412 g/mol. The van der Waals surface area contributed by atoms with E-state index in [0.29, 0.717) is 28.6 Å². The Bertz CT molecular complexity index is 1090. The Morgan fingerprint density at radius 1 is 1.24 bits per heavy atom. The lowest BCUT2D eigenvalue weighted by Crippen LogP contribution is -2.60. The second-order valence-electron chi connectivity index (χ2n) is 7.23. The molecule has 1 aliphatic heterocycles. The molecule has 150 valence electrons. The van der Waals surface area contributed by atoms with Gasteiger partial charge in [0.25, 0.3) is 11.1 Å². The van der Waals surface area contributed by atoms with Crippen LogP contribution in [-0.4, -0.2) is 32.8 Å². The van der Waals surface area contributed by atoms with Crippen molar-refractivity contribution in [1.82, 2.24) is 10.2 Å². The zero-order chi connectivity index (χ0) is 20.8. The number of hydrogen-bond donors (Lipinski definition) is 1. The first-order valence-corrected chi connectivity index (χ1v) is 9.96. The van der Waals surface area contributed by atoms with Crippen LogP contribution >= 0.6 is 11.8 Å². The van der Waals surface area contributed by atoms with Crippen molar-refractivity contribution in [2.75, 3.05) is 10.2 Å². The number of nitrogens with zero attached hydrogens (tertiary/aromatic N) is 3. The molecule has 1 aromatic carbocycles. The van der Waals surface area contributed by atoms with E-state index >= 15 is 0 Å². The van der Waals surface area contributed by atoms with E-state index in [2.05, 4.69) is 15.5 Å². The topological polar surface area (TPSA) is 101 Å². The van der Waals surface area contributed by atoms with E-state index in [-0.39, 0.29) is 17.0 Å². The number of amides is 2. The summed E-state index contributed by atoms with van der Waals surface area (Å²) in [6, 6.07) is 8.99. The molecular weight excluding hydrogens is 392 g/mol. The fourth-order valence-corrected chi connectivity index (χ4v) is 3.93. The predicted octanol–water partition coefficient (Wildman–Crippen LogP) is 3.88. The number of carbonyl (C=O) groups is 2. The standard InChI is InChI=1S/C20H20N4O4S/c1-11-13(9-10-27-11)16-22-23-19(28-16)29-12(2)17(25)24-15-8-6-5-7-14(15)21-18(26)20(24,3)4/h5-10,12H,1-4H3,(H,21,26)/t12-/m1/s1. The summed E-state index contributed by atoms with van der Waals surface area (Å²) < 4.78 is 11.0. The number of fused-ring (bicyclic) bond motifs is 1. The third kappa shape index (κ3) is 3.31. The number of anilines is 2. The van der Waals surface area contributed by atoms with E-state index in [9.17, 15) is 9.59 Å². The molecule has 1 aliphatic rings. The van der Waals surface area contributed by atoms with E-state index in [0.717, 1.165) is 11.8 Å². The predicted molar refractivity (Wildman–Crippen MR) is 109 cm³/mol. The molecule has 3 aromatic rings. The molecule has 0 saturated carbocycles. The van der Waals surface area contributed by atoms with Gasteiger partial charge in [-0.05, 0) is 45.9 Å². The zero-order valence-corrected chi connectivity index (χ0v) is 17.2. The lowest BCUT2D eigenvalue weighted by atomic mass is 9.96. The second kappa shape index (κ2) is 7.07. The first-order chi connectivity index (χ1) is 13.8. The Morgan fingerprint density at radius 2 is 2.00 bits per heavy atom. The fourth-order valence-electron chi connectivity index (χ4n) is 3.20. The molecule has 9 heteroatoms. The van der Waals surface area contributed by atoms with Crippen LogP contribution in [0.4, 0.5) is 11.4 Å². The summed E-state index contributed by atoms with van der Waals surface area (Å²) in [4.78, 5) is 27.5. The van der Waals surface area contributed by atoms with Crippen molar-refractivity contribution in [3.05, 3.63) is 42.4 Å². The third-order valence-electron chi connectivity index (χ3n) is 4.85. The third-order valence-corrected chi connectivity index (χ3v) is 5.77. The van der Waals surface area contributed by atoms with Gasteiger partial charge >= 0.3 is 0 Å². The molecule has 8 nitrogen and oxygen atoms in total. The number of rotatable bonds is 4. The smallest absolute Gasteiger partial charge is 0.277 e. The van der Waals surface area contributed by atoms with Crippen molar-refractivity contribution in [3.63, 3.8) is 0 Å². The first-order valence-electron chi connectivity index (χ1n) is 9.08. The maximum Gasteiger partial charge on any atom is 0.277 e. The van der Waals surface area contributed by atoms with Crippen molar-refractivity contribution in [3.8, 4) is 11.5 Å². The Balaban J connectivity index is 1.59. The van der Waals surface area contributed by atoms with E-state index < -0.39 is 10.8 Å². The van der Waals surface area contributed by atoms with E-state index in [1.807, 2.05) is 18.2 Å². The number of benzene rings is 1. The molecule has 0 radical (unpaired) electrons. The van der Waals surface area contributed by atoms with Gasteiger partial charge in [-0.3, -0.25) is 14.5 Å². The van der Waals surface area contributed by atoms with Gasteiger partial charge in [0.15, 0.2) is 0 Å². The lowest BCUT2D eigenvalue weighted by Gasteiger charge is -2.42. The number of para-hydroxylation sites is 2. The highest BCUT2D eigenvalue weighted by atomic mass is 32.2. The summed E-state index contributed by atoms with van der Waals surface area (Å²) >= 11 is 1.15. The second-order valence-corrected chi connectivity index (χ2v) is 8.52. The molecule has 2 amide bonds. The largest absolute Gasteiger partial charge is 0.469 e. The summed E-state index contributed by atoms with van der Waals surface area (Å²) in [7, 11) is 0. The van der Waals surface area contributed by atoms with Gasteiger partial charge in [-0.1, -0.05) is 23.9 Å². The quantitative estimate of drug-likeness (QED) is 0.649. The van der Waals surface area contributed by atoms with Crippen molar-refractivity contribution in [2.24, 2.45) is 0 Å². The summed E-state index contributed by atoms with van der Waals surface area (Å²) in [6.45, 7) is 7.00. The van der Waals surface area contributed by atoms with Gasteiger partial charge in [0.2, 0.25) is 11.8 Å². The van der Waals surface area contributed by atoms with Crippen LogP contribution in [0.3, 0.4) is 0 Å². The molecule has 0 aliphatic carbocycles. The molecule has 1 atom stereocenters. The van der Waals surface area contributed by atoms with Crippen molar-refractivity contribution >= 4 is 35.0 Å². The van der Waals surface area contributed by atoms with Gasteiger partial charge in [0, 0.05) is 0 Å². The molecule has 0 bridgehead atoms. The molecule has 0 spiro atoms. The SMILES string of the molecule is Cc1occc1-c1nnc(S[C@H](C)C(=O)N2c3ccccc3NC(=O)C2(C)C)o1. The van der Waals surface area contributed by atoms with E-state index in [1.54, 1.807) is 46.1 Å². The van der Waals surface area contributed by atoms with Crippen LogP contribution in [0, 0.1) is 6.92 Å². The van der Waals surface area contributed by atoms with E-state index in [4.69, 9.17) is 8.83 Å². The Kier molecular flexibility index (Phi) is 4.70.